The zero-order chi connectivity index (χ0) is 16.3. The Kier molecular flexibility index (Phi) is 6.70. The number of nitrogens with one attached hydrogen (secondary N) is 1. The van der Waals surface area contributed by atoms with Gasteiger partial charge in [0.05, 0.1) is 5.56 Å². The minimum absolute atomic E-state index is 0. The molecule has 1 N–H and O–H groups in total. The van der Waals surface area contributed by atoms with Crippen molar-refractivity contribution in [2.45, 2.75) is 32.2 Å². The van der Waals surface area contributed by atoms with Crippen molar-refractivity contribution in [1.82, 2.24) is 10.2 Å². The standard InChI is InChI=1S/C15H19F3N2O2.ClH/c1-10-9-19-7-8-20(10)14(21)11(2)22-13-6-4-3-5-12(13)15(16,17)18;/h3-6,10-11,19H,7-9H2,1-2H3;1H/t10-,11?;/m0./s1. The average molecular weight is 353 g/mol. The van der Waals surface area contributed by atoms with Crippen molar-refractivity contribution >= 4 is 18.3 Å². The average Bonchev–Trinajstić information content (AvgIpc) is 2.46. The lowest BCUT2D eigenvalue weighted by Gasteiger charge is -2.35. The molecule has 1 aliphatic heterocycles. The molecule has 1 aromatic carbocycles. The summed E-state index contributed by atoms with van der Waals surface area (Å²) in [6.45, 7) is 5.22. The predicted molar refractivity (Wildman–Crippen MR) is 82.8 cm³/mol. The van der Waals surface area contributed by atoms with E-state index in [1.807, 2.05) is 6.92 Å². The van der Waals surface area contributed by atoms with Crippen LogP contribution < -0.4 is 10.1 Å². The second kappa shape index (κ2) is 7.88. The van der Waals surface area contributed by atoms with Gasteiger partial charge < -0.3 is 15.0 Å². The summed E-state index contributed by atoms with van der Waals surface area (Å²) in [5.41, 5.74) is -0.872. The van der Waals surface area contributed by atoms with Crippen molar-refractivity contribution in [3.8, 4) is 5.75 Å². The quantitative estimate of drug-likeness (QED) is 0.909. The Hall–Kier alpha value is -1.47. The number of hydrogen-bond acceptors (Lipinski definition) is 3. The van der Waals surface area contributed by atoms with Crippen LogP contribution in [0.1, 0.15) is 19.4 Å². The first-order valence-electron chi connectivity index (χ1n) is 7.15. The summed E-state index contributed by atoms with van der Waals surface area (Å²) in [6, 6.07) is 4.91. The van der Waals surface area contributed by atoms with Gasteiger partial charge in [0.15, 0.2) is 6.10 Å². The van der Waals surface area contributed by atoms with Crippen LogP contribution in [-0.2, 0) is 11.0 Å². The van der Waals surface area contributed by atoms with Gasteiger partial charge >= 0.3 is 6.18 Å². The van der Waals surface area contributed by atoms with Crippen molar-refractivity contribution in [3.05, 3.63) is 29.8 Å². The van der Waals surface area contributed by atoms with Crippen molar-refractivity contribution in [2.24, 2.45) is 0 Å². The van der Waals surface area contributed by atoms with Gasteiger partial charge in [-0.1, -0.05) is 12.1 Å². The highest BCUT2D eigenvalue weighted by Gasteiger charge is 2.35. The summed E-state index contributed by atoms with van der Waals surface area (Å²) in [6.07, 6.45) is -5.48. The molecule has 1 heterocycles. The number of alkyl halides is 3. The molecule has 1 aromatic rings. The minimum atomic E-state index is -4.51. The van der Waals surface area contributed by atoms with Crippen LogP contribution in [-0.4, -0.2) is 42.6 Å². The van der Waals surface area contributed by atoms with Gasteiger partial charge in [0.2, 0.25) is 0 Å². The van der Waals surface area contributed by atoms with Gasteiger partial charge in [-0.15, -0.1) is 12.4 Å². The molecule has 1 unspecified atom stereocenters. The van der Waals surface area contributed by atoms with E-state index in [9.17, 15) is 18.0 Å². The second-order valence-corrected chi connectivity index (χ2v) is 5.34. The Morgan fingerprint density at radius 3 is 2.65 bits per heavy atom. The minimum Gasteiger partial charge on any atom is -0.480 e. The van der Waals surface area contributed by atoms with Crippen LogP contribution in [0.3, 0.4) is 0 Å². The predicted octanol–water partition coefficient (Wildman–Crippen LogP) is 2.71. The van der Waals surface area contributed by atoms with Crippen LogP contribution in [0.5, 0.6) is 5.75 Å². The van der Waals surface area contributed by atoms with Gasteiger partial charge in [0, 0.05) is 25.7 Å². The zero-order valence-corrected chi connectivity index (χ0v) is 13.7. The van der Waals surface area contributed by atoms with Crippen LogP contribution in [0.2, 0.25) is 0 Å². The van der Waals surface area contributed by atoms with Crippen LogP contribution in [0.4, 0.5) is 13.2 Å². The molecule has 1 fully saturated rings. The number of nitrogens with zero attached hydrogens (tertiary/aromatic N) is 1. The van der Waals surface area contributed by atoms with Crippen molar-refractivity contribution < 1.29 is 22.7 Å². The van der Waals surface area contributed by atoms with Gasteiger partial charge in [-0.2, -0.15) is 13.2 Å². The highest BCUT2D eigenvalue weighted by atomic mass is 35.5. The number of halogens is 4. The Morgan fingerprint density at radius 2 is 2.04 bits per heavy atom. The summed E-state index contributed by atoms with van der Waals surface area (Å²) in [5.74, 6) is -0.621. The fourth-order valence-electron chi connectivity index (χ4n) is 2.45. The number of carbonyl (C=O) groups is 1. The molecule has 1 aliphatic rings. The largest absolute Gasteiger partial charge is 0.480 e. The Labute approximate surface area is 139 Å². The van der Waals surface area contributed by atoms with E-state index in [0.29, 0.717) is 19.6 Å². The van der Waals surface area contributed by atoms with Crippen LogP contribution in [0.15, 0.2) is 24.3 Å². The van der Waals surface area contributed by atoms with E-state index in [0.717, 1.165) is 6.07 Å². The van der Waals surface area contributed by atoms with Crippen LogP contribution in [0.25, 0.3) is 0 Å². The van der Waals surface area contributed by atoms with Crippen molar-refractivity contribution in [2.75, 3.05) is 19.6 Å². The summed E-state index contributed by atoms with van der Waals surface area (Å²) >= 11 is 0. The molecule has 0 aliphatic carbocycles. The topological polar surface area (TPSA) is 41.6 Å². The Bertz CT molecular complexity index is 540. The van der Waals surface area contributed by atoms with Crippen LogP contribution >= 0.6 is 12.4 Å². The highest BCUT2D eigenvalue weighted by molar-refractivity contribution is 5.85. The SMILES string of the molecule is CC(Oc1ccccc1C(F)(F)F)C(=O)N1CCNC[C@@H]1C.Cl. The first-order chi connectivity index (χ1) is 10.3. The van der Waals surface area contributed by atoms with E-state index in [1.165, 1.54) is 25.1 Å². The van der Waals surface area contributed by atoms with E-state index in [2.05, 4.69) is 5.32 Å². The monoisotopic (exact) mass is 352 g/mol. The molecule has 0 aromatic heterocycles. The zero-order valence-electron chi connectivity index (χ0n) is 12.9. The van der Waals surface area contributed by atoms with Crippen molar-refractivity contribution in [3.63, 3.8) is 0 Å². The maximum atomic E-state index is 12.9. The third kappa shape index (κ3) is 4.75. The molecule has 2 atom stereocenters. The fraction of sp³-hybridized carbons (Fsp3) is 0.533. The maximum absolute atomic E-state index is 12.9. The van der Waals surface area contributed by atoms with Gasteiger partial charge in [-0.25, -0.2) is 0 Å². The molecular weight excluding hydrogens is 333 g/mol. The van der Waals surface area contributed by atoms with E-state index in [-0.39, 0.29) is 30.1 Å². The third-order valence-electron chi connectivity index (χ3n) is 3.63. The van der Waals surface area contributed by atoms with E-state index in [4.69, 9.17) is 4.74 Å². The lowest BCUT2D eigenvalue weighted by molar-refractivity contribution is -0.145. The molecule has 0 radical (unpaired) electrons. The molecule has 0 spiro atoms. The summed E-state index contributed by atoms with van der Waals surface area (Å²) in [7, 11) is 0. The number of piperazine rings is 1. The number of para-hydroxylation sites is 1. The molecule has 23 heavy (non-hydrogen) atoms. The molecule has 1 saturated heterocycles. The molecule has 1 amide bonds. The number of rotatable bonds is 3. The number of hydrogen-bond donors (Lipinski definition) is 1. The summed E-state index contributed by atoms with van der Waals surface area (Å²) in [5, 5.41) is 3.15. The third-order valence-corrected chi connectivity index (χ3v) is 3.63. The fourth-order valence-corrected chi connectivity index (χ4v) is 2.45. The molecule has 2 rings (SSSR count). The van der Waals surface area contributed by atoms with Gasteiger partial charge in [0.1, 0.15) is 5.75 Å². The Morgan fingerprint density at radius 1 is 1.39 bits per heavy atom. The highest BCUT2D eigenvalue weighted by Crippen LogP contribution is 2.36. The molecule has 8 heteroatoms. The number of amides is 1. The second-order valence-electron chi connectivity index (χ2n) is 5.34. The summed E-state index contributed by atoms with van der Waals surface area (Å²) < 4.78 is 44.1. The van der Waals surface area contributed by atoms with E-state index >= 15 is 0 Å². The molecule has 0 bridgehead atoms. The first-order valence-corrected chi connectivity index (χ1v) is 7.15. The number of benzene rings is 1. The van der Waals surface area contributed by atoms with E-state index < -0.39 is 17.8 Å². The molecule has 4 nitrogen and oxygen atoms in total. The smallest absolute Gasteiger partial charge is 0.419 e. The lowest BCUT2D eigenvalue weighted by atomic mass is 10.1. The number of carbonyl (C=O) groups excluding carboxylic acids is 1. The van der Waals surface area contributed by atoms with Gasteiger partial charge in [0.25, 0.3) is 5.91 Å². The molecular formula is C15H20ClF3N2O2. The maximum Gasteiger partial charge on any atom is 0.419 e. The van der Waals surface area contributed by atoms with Gasteiger partial charge in [-0.05, 0) is 26.0 Å². The molecule has 0 saturated carbocycles. The first kappa shape index (κ1) is 19.6. The van der Waals surface area contributed by atoms with Crippen molar-refractivity contribution in [1.29, 1.82) is 0 Å². The van der Waals surface area contributed by atoms with Gasteiger partial charge in [-0.3, -0.25) is 4.79 Å². The van der Waals surface area contributed by atoms with E-state index in [1.54, 1.807) is 4.90 Å². The summed E-state index contributed by atoms with van der Waals surface area (Å²) in [4.78, 5) is 14.0. The lowest BCUT2D eigenvalue weighted by Crippen LogP contribution is -2.55. The molecule has 130 valence electrons. The number of ether oxygens (including phenoxy) is 1. The van der Waals surface area contributed by atoms with Crippen LogP contribution in [0, 0.1) is 0 Å². The Balaban J connectivity index is 0.00000264. The normalized spacial score (nSPS) is 19.7.